The van der Waals surface area contributed by atoms with Crippen molar-refractivity contribution in [3.8, 4) is 28.4 Å². The van der Waals surface area contributed by atoms with E-state index in [1.165, 1.54) is 21.3 Å². The summed E-state index contributed by atoms with van der Waals surface area (Å²) in [5.41, 5.74) is 5.12. The van der Waals surface area contributed by atoms with E-state index < -0.39 is 23.8 Å². The smallest absolute Gasteiger partial charge is 0.303 e. The number of aliphatic carboxylic acids is 1. The summed E-state index contributed by atoms with van der Waals surface area (Å²) in [5, 5.41) is 14.8. The number of benzene rings is 3. The Balaban J connectivity index is 1.53. The summed E-state index contributed by atoms with van der Waals surface area (Å²) in [4.78, 5) is 37.8. The lowest BCUT2D eigenvalue weighted by molar-refractivity contribution is -0.137. The number of carbonyl (C=O) groups is 3. The number of carbonyl (C=O) groups excluding carboxylic acids is 2. The minimum absolute atomic E-state index is 0.0617. The van der Waals surface area contributed by atoms with Crippen molar-refractivity contribution in [2.75, 3.05) is 21.3 Å². The molecule has 0 unspecified atom stereocenters. The minimum Gasteiger partial charge on any atom is -0.493 e. The van der Waals surface area contributed by atoms with Crippen LogP contribution in [0.2, 0.25) is 0 Å². The van der Waals surface area contributed by atoms with E-state index in [0.29, 0.717) is 28.4 Å². The predicted molar refractivity (Wildman–Crippen MR) is 141 cm³/mol. The van der Waals surface area contributed by atoms with Gasteiger partial charge in [-0.15, -0.1) is 0 Å². The van der Waals surface area contributed by atoms with Gasteiger partial charge < -0.3 is 30.0 Å². The predicted octanol–water partition coefficient (Wildman–Crippen LogP) is 3.56. The van der Waals surface area contributed by atoms with Gasteiger partial charge in [-0.2, -0.15) is 0 Å². The SMILES string of the molecule is COc1cc(CNC(=O)[C@H](CCC(=O)O)NC(=O)c2cccc3c2-c2ccccc2C3)cc(OC)c1OC. The molecule has 0 fully saturated rings. The zero-order chi connectivity index (χ0) is 27.2. The lowest BCUT2D eigenvalue weighted by atomic mass is 9.98. The number of rotatable bonds is 11. The van der Waals surface area contributed by atoms with Crippen molar-refractivity contribution in [3.63, 3.8) is 0 Å². The molecular formula is C29H30N2O7. The van der Waals surface area contributed by atoms with Gasteiger partial charge in [-0.05, 0) is 58.9 Å². The average molecular weight is 519 g/mol. The number of hydrogen-bond donors (Lipinski definition) is 3. The lowest BCUT2D eigenvalue weighted by Gasteiger charge is -2.20. The summed E-state index contributed by atoms with van der Waals surface area (Å²) >= 11 is 0. The van der Waals surface area contributed by atoms with E-state index in [4.69, 9.17) is 14.2 Å². The fourth-order valence-corrected chi connectivity index (χ4v) is 4.70. The number of carboxylic acid groups (broad SMARTS) is 1. The van der Waals surface area contributed by atoms with Gasteiger partial charge in [0.1, 0.15) is 6.04 Å². The summed E-state index contributed by atoms with van der Waals surface area (Å²) in [7, 11) is 4.49. The van der Waals surface area contributed by atoms with Crippen molar-refractivity contribution in [3.05, 3.63) is 76.9 Å². The molecule has 1 aliphatic carbocycles. The Labute approximate surface area is 220 Å². The monoisotopic (exact) mass is 518 g/mol. The van der Waals surface area contributed by atoms with E-state index in [9.17, 15) is 19.5 Å². The molecule has 0 heterocycles. The molecule has 0 saturated carbocycles. The number of nitrogens with one attached hydrogen (secondary N) is 2. The van der Waals surface area contributed by atoms with Gasteiger partial charge in [-0.3, -0.25) is 14.4 Å². The van der Waals surface area contributed by atoms with Crippen molar-refractivity contribution >= 4 is 17.8 Å². The Bertz CT molecular complexity index is 1340. The van der Waals surface area contributed by atoms with E-state index in [0.717, 1.165) is 28.7 Å². The van der Waals surface area contributed by atoms with Gasteiger partial charge in [0.05, 0.1) is 21.3 Å². The molecule has 3 aromatic rings. The molecule has 3 aromatic carbocycles. The number of fused-ring (bicyclic) bond motifs is 3. The van der Waals surface area contributed by atoms with Crippen molar-refractivity contribution in [1.82, 2.24) is 10.6 Å². The average Bonchev–Trinajstić information content (AvgIpc) is 3.31. The molecule has 0 aliphatic heterocycles. The third kappa shape index (κ3) is 5.56. The lowest BCUT2D eigenvalue weighted by Crippen LogP contribution is -2.46. The van der Waals surface area contributed by atoms with Gasteiger partial charge >= 0.3 is 5.97 Å². The summed E-state index contributed by atoms with van der Waals surface area (Å²) in [6, 6.07) is 15.8. The van der Waals surface area contributed by atoms with Gasteiger partial charge in [-0.25, -0.2) is 0 Å². The van der Waals surface area contributed by atoms with Crippen molar-refractivity contribution in [2.45, 2.75) is 31.8 Å². The topological polar surface area (TPSA) is 123 Å². The maximum atomic E-state index is 13.4. The molecule has 0 radical (unpaired) electrons. The molecule has 1 aliphatic rings. The second-order valence-corrected chi connectivity index (χ2v) is 8.88. The molecular weight excluding hydrogens is 488 g/mol. The second-order valence-electron chi connectivity index (χ2n) is 8.88. The number of hydrogen-bond acceptors (Lipinski definition) is 6. The highest BCUT2D eigenvalue weighted by atomic mass is 16.5. The highest BCUT2D eigenvalue weighted by Gasteiger charge is 2.27. The normalized spacial score (nSPS) is 12.1. The van der Waals surface area contributed by atoms with Crippen LogP contribution >= 0.6 is 0 Å². The van der Waals surface area contributed by atoms with E-state index in [2.05, 4.69) is 10.6 Å². The van der Waals surface area contributed by atoms with Gasteiger partial charge in [0.2, 0.25) is 11.7 Å². The van der Waals surface area contributed by atoms with Crippen LogP contribution in [0.15, 0.2) is 54.6 Å². The van der Waals surface area contributed by atoms with Gasteiger partial charge in [0, 0.05) is 18.5 Å². The van der Waals surface area contributed by atoms with Crippen LogP contribution in [0.1, 0.15) is 39.9 Å². The van der Waals surface area contributed by atoms with Crippen molar-refractivity contribution in [2.24, 2.45) is 0 Å². The highest BCUT2D eigenvalue weighted by molar-refractivity contribution is 6.04. The number of methoxy groups -OCH3 is 3. The molecule has 3 N–H and O–H groups in total. The van der Waals surface area contributed by atoms with Gasteiger partial charge in [-0.1, -0.05) is 36.4 Å². The van der Waals surface area contributed by atoms with Crippen molar-refractivity contribution in [1.29, 1.82) is 0 Å². The Hall–Kier alpha value is -4.53. The first-order chi connectivity index (χ1) is 18.4. The van der Waals surface area contributed by atoms with Crippen LogP contribution in [0.3, 0.4) is 0 Å². The van der Waals surface area contributed by atoms with Crippen LogP contribution in [0.25, 0.3) is 11.1 Å². The minimum atomic E-state index is -1.06. The third-order valence-corrected chi connectivity index (χ3v) is 6.52. The fraction of sp³-hybridized carbons (Fsp3) is 0.276. The maximum absolute atomic E-state index is 13.4. The molecule has 4 rings (SSSR count). The van der Waals surface area contributed by atoms with Crippen LogP contribution in [-0.4, -0.2) is 50.3 Å². The molecule has 0 aromatic heterocycles. The van der Waals surface area contributed by atoms with E-state index in [1.54, 1.807) is 18.2 Å². The summed E-state index contributed by atoms with van der Waals surface area (Å²) in [6.07, 6.45) is 0.385. The van der Waals surface area contributed by atoms with E-state index in [1.807, 2.05) is 36.4 Å². The first-order valence-corrected chi connectivity index (χ1v) is 12.2. The largest absolute Gasteiger partial charge is 0.493 e. The first kappa shape index (κ1) is 26.5. The number of carboxylic acids is 1. The number of amides is 2. The van der Waals surface area contributed by atoms with Crippen LogP contribution in [0.4, 0.5) is 0 Å². The van der Waals surface area contributed by atoms with E-state index in [-0.39, 0.29) is 19.4 Å². The van der Waals surface area contributed by atoms with E-state index >= 15 is 0 Å². The van der Waals surface area contributed by atoms with Crippen LogP contribution in [-0.2, 0) is 22.6 Å². The molecule has 1 atom stereocenters. The maximum Gasteiger partial charge on any atom is 0.303 e. The molecule has 9 nitrogen and oxygen atoms in total. The zero-order valence-electron chi connectivity index (χ0n) is 21.5. The van der Waals surface area contributed by atoms with Crippen LogP contribution < -0.4 is 24.8 Å². The molecule has 2 amide bonds. The van der Waals surface area contributed by atoms with Gasteiger partial charge in [0.25, 0.3) is 5.91 Å². The standard InChI is InChI=1S/C29H30N2O7/c1-36-23-13-17(14-24(37-2)27(23)38-3)16-30-29(35)22(11-12-25(32)33)31-28(34)21-10-6-8-19-15-18-7-4-5-9-20(18)26(19)21/h4-10,13-14,22H,11-12,15-16H2,1-3H3,(H,30,35)(H,31,34)(H,32,33)/t22-/m0/s1. The summed E-state index contributed by atoms with van der Waals surface area (Å²) in [6.45, 7) is 0.100. The summed E-state index contributed by atoms with van der Waals surface area (Å²) < 4.78 is 16.1. The molecule has 198 valence electrons. The van der Waals surface area contributed by atoms with Gasteiger partial charge in [0.15, 0.2) is 11.5 Å². The molecule has 9 heteroatoms. The van der Waals surface area contributed by atoms with Crippen molar-refractivity contribution < 1.29 is 33.7 Å². The molecule has 0 spiro atoms. The Kier molecular flexibility index (Phi) is 8.15. The summed E-state index contributed by atoms with van der Waals surface area (Å²) in [5.74, 6) is -0.696. The first-order valence-electron chi connectivity index (χ1n) is 12.2. The molecule has 38 heavy (non-hydrogen) atoms. The second kappa shape index (κ2) is 11.7. The van der Waals surface area contributed by atoms with Crippen LogP contribution in [0.5, 0.6) is 17.2 Å². The highest BCUT2D eigenvalue weighted by Crippen LogP contribution is 2.39. The number of ether oxygens (including phenoxy) is 3. The Morgan fingerprint density at radius 3 is 2.26 bits per heavy atom. The molecule has 0 bridgehead atoms. The Morgan fingerprint density at radius 1 is 0.921 bits per heavy atom. The molecule has 0 saturated heterocycles. The quantitative estimate of drug-likeness (QED) is 0.277. The Morgan fingerprint density at radius 2 is 1.61 bits per heavy atom. The third-order valence-electron chi connectivity index (χ3n) is 6.52. The zero-order valence-corrected chi connectivity index (χ0v) is 21.5. The van der Waals surface area contributed by atoms with Crippen LogP contribution in [0, 0.1) is 0 Å². The fourth-order valence-electron chi connectivity index (χ4n) is 4.70.